The molecule has 17 unspecified atom stereocenters. The summed E-state index contributed by atoms with van der Waals surface area (Å²) in [6, 6.07) is -0.332. The summed E-state index contributed by atoms with van der Waals surface area (Å²) in [7, 11) is 0. The zero-order valence-corrected chi connectivity index (χ0v) is 74.0. The molecule has 1 amide bonds. The van der Waals surface area contributed by atoms with Crippen molar-refractivity contribution >= 4 is 71.6 Å². The van der Waals surface area contributed by atoms with E-state index in [4.69, 9.17) is 56.8 Å². The molecule has 0 radical (unpaired) electrons. The molecule has 0 aromatic carbocycles. The zero-order chi connectivity index (χ0) is 85.8. The average Bonchev–Trinajstić information content (AvgIpc) is 1.57. The Labute approximate surface area is 684 Å². The van der Waals surface area contributed by atoms with Crippen LogP contribution in [0.4, 0.5) is 0 Å². The third-order valence-electron chi connectivity index (χ3n) is 29.4. The molecule has 17 atom stereocenters. The fourth-order valence-corrected chi connectivity index (χ4v) is 18.1. The largest absolute Gasteiger partial charge is 0.463 e. The van der Waals surface area contributed by atoms with E-state index in [0.29, 0.717) is 62.9 Å². The fraction of sp³-hybridized carbons (Fsp3) is 0.867. The van der Waals surface area contributed by atoms with Crippen molar-refractivity contribution in [3.8, 4) is 0 Å². The first-order valence-corrected chi connectivity index (χ1v) is 43.8. The highest BCUT2D eigenvalue weighted by molar-refractivity contribution is 5.88. The van der Waals surface area contributed by atoms with E-state index in [9.17, 15) is 57.5 Å². The van der Waals surface area contributed by atoms with Gasteiger partial charge in [-0.2, -0.15) is 0 Å². The van der Waals surface area contributed by atoms with Crippen molar-refractivity contribution in [3.05, 3.63) is 0 Å². The number of nitrogens with one attached hydrogen (secondary N) is 1. The second-order valence-electron chi connectivity index (χ2n) is 40.0. The maximum Gasteiger partial charge on any atom is 0.347 e. The van der Waals surface area contributed by atoms with Crippen LogP contribution in [0.25, 0.3) is 0 Å². The first-order chi connectivity index (χ1) is 53.5. The quantitative estimate of drug-likeness (QED) is 0.0655. The van der Waals surface area contributed by atoms with Crippen molar-refractivity contribution in [2.75, 3.05) is 13.2 Å². The standard InChI is InChI=1S/C22H27NO8.C16H22O6.3C14H26O2.C10H16O4/c1-4-22(2,3)21(27)31-16-8-5-7-11(19(25)29-15(7)16)12(8)20(26)30-17-10-6-9-14(28-10)13(17)23-18(9)24;1-4-16(2,3)15(19)20-7-11(17)21-12-8-5-9-10(6-8)14(18)22-13(9)12;3*1-6-13(4,5)12(15)16-14(11(2)3)9-7-8-10-14;1-4-10(2,3)9(12)14-7-5-6-13-8(7)11/h7-17H,4-6H2,1-3H3,(H,23,24);8-10,12-13H,4-7H2,1-3H3;3*11H,6-10H2,1-5H3;7H,4-6H2,1-3H3. The van der Waals surface area contributed by atoms with Crippen molar-refractivity contribution in [2.24, 2.45) is 97.6 Å². The molecule has 25 nitrogen and oxygen atoms in total. The van der Waals surface area contributed by atoms with Crippen LogP contribution in [0.5, 0.6) is 0 Å². The molecule has 7 saturated carbocycles. The molecule has 1 N–H and O–H groups in total. The van der Waals surface area contributed by atoms with Gasteiger partial charge < -0.3 is 62.2 Å². The summed E-state index contributed by atoms with van der Waals surface area (Å²) in [6.45, 7) is 47.4. The van der Waals surface area contributed by atoms with Crippen molar-refractivity contribution in [2.45, 2.75) is 386 Å². The SMILES string of the molecule is CCC(C)(C)C(=O)OC1(C(C)C)CCCC1.CCC(C)(C)C(=O)OC1(C(C)C)CCCC1.CCC(C)(C)C(=O)OC1(C(C)C)CCCC1.CCC(C)(C)C(=O)OC1C2CC3C1OC(=O)C3C2C(=O)OC1C2CC3C(=O)NC1C3O2.CCC(C)(C)C(=O)OC1CCOC1=O.CCC(C)(C)C(=O)OCC(=O)OC1C2CC3C(=O)OC1C3C2. The van der Waals surface area contributed by atoms with Crippen molar-refractivity contribution < 1.29 is 114 Å². The van der Waals surface area contributed by atoms with Crippen molar-refractivity contribution in [1.82, 2.24) is 5.32 Å². The van der Waals surface area contributed by atoms with E-state index >= 15 is 0 Å². The molecular formula is C90H143NO24. The Morgan fingerprint density at radius 1 is 0.435 bits per heavy atom. The van der Waals surface area contributed by atoms with Crippen LogP contribution >= 0.6 is 0 Å². The Bertz CT molecular complexity index is 3360. The summed E-state index contributed by atoms with van der Waals surface area (Å²) in [5, 5.41) is 2.89. The molecule has 13 rings (SSSR count). The van der Waals surface area contributed by atoms with Gasteiger partial charge in [0, 0.05) is 30.1 Å². The van der Waals surface area contributed by atoms with E-state index in [2.05, 4.69) is 46.9 Å². The molecule has 0 aromatic heterocycles. The molecule has 13 fully saturated rings. The Balaban J connectivity index is 0.000000178. The number of carbonyl (C=O) groups is 12. The number of amides is 1. The number of cyclic esters (lactones) is 1. The van der Waals surface area contributed by atoms with E-state index in [-0.39, 0.29) is 147 Å². The maximum atomic E-state index is 13.3. The summed E-state index contributed by atoms with van der Waals surface area (Å²) >= 11 is 0. The van der Waals surface area contributed by atoms with Crippen molar-refractivity contribution in [1.29, 1.82) is 0 Å². The highest BCUT2D eigenvalue weighted by Gasteiger charge is 2.72. The predicted molar refractivity (Wildman–Crippen MR) is 424 cm³/mol. The fourth-order valence-electron chi connectivity index (χ4n) is 18.1. The van der Waals surface area contributed by atoms with E-state index < -0.39 is 82.3 Å². The lowest BCUT2D eigenvalue weighted by atomic mass is 9.78. The first kappa shape index (κ1) is 94.1. The zero-order valence-electron chi connectivity index (χ0n) is 74.0. The van der Waals surface area contributed by atoms with Crippen LogP contribution in [-0.2, 0) is 114 Å². The van der Waals surface area contributed by atoms with Crippen LogP contribution in [-0.4, -0.2) is 156 Å². The molecule has 6 bridgehead atoms. The minimum absolute atomic E-state index is 0.00636. The Kier molecular flexibility index (Phi) is 30.3. The third kappa shape index (κ3) is 20.4. The summed E-state index contributed by atoms with van der Waals surface area (Å²) in [5.74, 6) is -3.47. The monoisotopic (exact) mass is 1620 g/mol. The van der Waals surface area contributed by atoms with Gasteiger partial charge in [-0.15, -0.1) is 0 Å². The Hall–Kier alpha value is -6.40. The van der Waals surface area contributed by atoms with Gasteiger partial charge in [0.1, 0.15) is 41.2 Å². The second kappa shape index (κ2) is 37.1. The molecule has 6 saturated heterocycles. The van der Waals surface area contributed by atoms with Gasteiger partial charge >= 0.3 is 65.7 Å². The van der Waals surface area contributed by atoms with Crippen LogP contribution in [0.2, 0.25) is 0 Å². The van der Waals surface area contributed by atoms with Crippen LogP contribution in [0.1, 0.15) is 314 Å². The smallest absolute Gasteiger partial charge is 0.347 e. The second-order valence-corrected chi connectivity index (χ2v) is 40.0. The maximum absolute atomic E-state index is 13.3. The molecule has 7 aliphatic carbocycles. The molecular weight excluding hydrogens is 1480 g/mol. The lowest BCUT2D eigenvalue weighted by Crippen LogP contribution is -2.49. The highest BCUT2D eigenvalue weighted by Crippen LogP contribution is 2.60. The lowest BCUT2D eigenvalue weighted by Gasteiger charge is -2.36. The average molecular weight is 1620 g/mol. The third-order valence-corrected chi connectivity index (χ3v) is 29.4. The number of fused-ring (bicyclic) bond motifs is 3. The normalized spacial score (nSPS) is 30.8. The summed E-state index contributed by atoms with van der Waals surface area (Å²) in [6.07, 6.45) is 17.5. The lowest BCUT2D eigenvalue weighted by molar-refractivity contribution is -0.176. The molecule has 0 aromatic rings. The van der Waals surface area contributed by atoms with E-state index in [1.807, 2.05) is 96.9 Å². The van der Waals surface area contributed by atoms with Gasteiger partial charge in [0.15, 0.2) is 12.7 Å². The van der Waals surface area contributed by atoms with E-state index in [0.717, 1.165) is 70.6 Å². The predicted octanol–water partition coefficient (Wildman–Crippen LogP) is 14.9. The minimum Gasteiger partial charge on any atom is -0.463 e. The first-order valence-electron chi connectivity index (χ1n) is 43.8. The molecule has 6 heterocycles. The van der Waals surface area contributed by atoms with Gasteiger partial charge in [-0.3, -0.25) is 47.9 Å². The van der Waals surface area contributed by atoms with Gasteiger partial charge in [-0.25, -0.2) is 9.59 Å². The Morgan fingerprint density at radius 3 is 1.28 bits per heavy atom. The highest BCUT2D eigenvalue weighted by atomic mass is 16.6. The summed E-state index contributed by atoms with van der Waals surface area (Å²) in [4.78, 5) is 145. The molecule has 115 heavy (non-hydrogen) atoms. The number of esters is 11. The topological polar surface area (TPSA) is 328 Å². The molecule has 0 spiro atoms. The number of carbonyl (C=O) groups excluding carboxylic acids is 12. The number of ether oxygens (including phenoxy) is 12. The summed E-state index contributed by atoms with van der Waals surface area (Å²) in [5.41, 5.74) is -3.35. The molecule has 6 aliphatic heterocycles. The van der Waals surface area contributed by atoms with Crippen LogP contribution in [0.15, 0.2) is 0 Å². The van der Waals surface area contributed by atoms with Gasteiger partial charge in [0.05, 0.1) is 81.0 Å². The van der Waals surface area contributed by atoms with Crippen LogP contribution in [0, 0.1) is 97.6 Å². The summed E-state index contributed by atoms with van der Waals surface area (Å²) < 4.78 is 66.3. The van der Waals surface area contributed by atoms with E-state index in [1.165, 1.54) is 38.5 Å². The molecule has 13 aliphatic rings. The van der Waals surface area contributed by atoms with Gasteiger partial charge in [0.25, 0.3) is 0 Å². The van der Waals surface area contributed by atoms with Crippen LogP contribution in [0.3, 0.4) is 0 Å². The molecule has 25 heteroatoms. The minimum atomic E-state index is -0.703. The number of rotatable bonds is 25. The Morgan fingerprint density at radius 2 is 0.852 bits per heavy atom. The van der Waals surface area contributed by atoms with Gasteiger partial charge in [-0.1, -0.05) is 83.1 Å². The van der Waals surface area contributed by atoms with E-state index in [1.54, 1.807) is 27.7 Å². The number of hydrogen-bond donors (Lipinski definition) is 1. The van der Waals surface area contributed by atoms with Gasteiger partial charge in [0.2, 0.25) is 12.0 Å². The van der Waals surface area contributed by atoms with Gasteiger partial charge in [-0.05, 0) is 242 Å². The molecule has 652 valence electrons. The van der Waals surface area contributed by atoms with Crippen LogP contribution < -0.4 is 5.32 Å². The number of hydrogen-bond acceptors (Lipinski definition) is 24. The van der Waals surface area contributed by atoms with Crippen molar-refractivity contribution in [3.63, 3.8) is 0 Å².